The van der Waals surface area contributed by atoms with E-state index < -0.39 is 15.8 Å². The van der Waals surface area contributed by atoms with Crippen LogP contribution < -0.4 is 9.46 Å². The fourth-order valence-corrected chi connectivity index (χ4v) is 2.83. The highest BCUT2D eigenvalue weighted by Crippen LogP contribution is 2.22. The largest absolute Gasteiger partial charge is 0.494 e. The number of anilines is 1. The van der Waals surface area contributed by atoms with Crippen LogP contribution >= 0.6 is 15.9 Å². The third-order valence-electron chi connectivity index (χ3n) is 2.39. The van der Waals surface area contributed by atoms with Gasteiger partial charge in [-0.15, -0.1) is 0 Å². The van der Waals surface area contributed by atoms with Crippen molar-refractivity contribution in [2.45, 2.75) is 4.90 Å². The van der Waals surface area contributed by atoms with Crippen LogP contribution in [-0.4, -0.2) is 20.5 Å². The summed E-state index contributed by atoms with van der Waals surface area (Å²) in [6.45, 7) is 0. The van der Waals surface area contributed by atoms with Crippen molar-refractivity contribution >= 4 is 31.8 Å². The van der Waals surface area contributed by atoms with E-state index in [9.17, 15) is 12.8 Å². The maximum absolute atomic E-state index is 13.5. The number of nitrogens with one attached hydrogen (secondary N) is 1. The minimum absolute atomic E-state index is 0.0236. The maximum atomic E-state index is 13.5. The van der Waals surface area contributed by atoms with Gasteiger partial charge in [0.2, 0.25) is 0 Å². The average Bonchev–Trinajstić information content (AvgIpc) is 2.38. The second-order valence-corrected chi connectivity index (χ2v) is 6.24. The number of nitrogens with zero attached hydrogens (tertiary/aromatic N) is 1. The van der Waals surface area contributed by atoms with Crippen molar-refractivity contribution in [3.63, 3.8) is 0 Å². The molecule has 106 valence electrons. The lowest BCUT2D eigenvalue weighted by atomic mass is 10.3. The summed E-state index contributed by atoms with van der Waals surface area (Å²) >= 11 is 3.13. The second kappa shape index (κ2) is 5.76. The third kappa shape index (κ3) is 3.26. The average molecular weight is 361 g/mol. The predicted molar refractivity (Wildman–Crippen MR) is 75.7 cm³/mol. The first-order valence-corrected chi connectivity index (χ1v) is 7.69. The Hall–Kier alpha value is -1.67. The van der Waals surface area contributed by atoms with Gasteiger partial charge in [0.25, 0.3) is 10.0 Å². The number of halogens is 2. The van der Waals surface area contributed by atoms with Crippen molar-refractivity contribution < 1.29 is 17.5 Å². The van der Waals surface area contributed by atoms with Crippen LogP contribution in [0, 0.1) is 5.82 Å². The third-order valence-corrected chi connectivity index (χ3v) is 4.18. The molecule has 1 aromatic heterocycles. The van der Waals surface area contributed by atoms with Gasteiger partial charge in [0, 0.05) is 0 Å². The molecule has 0 saturated carbocycles. The highest BCUT2D eigenvalue weighted by molar-refractivity contribution is 9.10. The van der Waals surface area contributed by atoms with Crippen molar-refractivity contribution in [1.82, 2.24) is 4.98 Å². The number of hydrogen-bond donors (Lipinski definition) is 1. The number of ether oxygens (including phenoxy) is 1. The molecule has 0 fully saturated rings. The Balaban J connectivity index is 2.33. The van der Waals surface area contributed by atoms with Gasteiger partial charge in [-0.05, 0) is 46.3 Å². The Kier molecular flexibility index (Phi) is 4.24. The summed E-state index contributed by atoms with van der Waals surface area (Å²) in [5, 5.41) is 0. The van der Waals surface area contributed by atoms with Crippen LogP contribution in [-0.2, 0) is 10.0 Å². The summed E-state index contributed by atoms with van der Waals surface area (Å²) in [7, 11) is -2.60. The zero-order chi connectivity index (χ0) is 14.8. The van der Waals surface area contributed by atoms with Gasteiger partial charge in [0.15, 0.2) is 11.6 Å². The maximum Gasteiger partial charge on any atom is 0.263 e. The van der Waals surface area contributed by atoms with Crippen LogP contribution in [0.3, 0.4) is 0 Å². The van der Waals surface area contributed by atoms with Crippen LogP contribution in [0.25, 0.3) is 0 Å². The molecule has 0 bridgehead atoms. The van der Waals surface area contributed by atoms with E-state index in [1.54, 1.807) is 12.1 Å². The van der Waals surface area contributed by atoms with Gasteiger partial charge in [-0.25, -0.2) is 17.8 Å². The molecule has 0 saturated heterocycles. The standard InChI is InChI=1S/C12H10BrFN2O3S/c1-19-10-6-5-8(7-9(10)14)20(17,18)16-12-4-2-3-11(13)15-12/h2-7H,1H3,(H,15,16). The molecule has 0 atom stereocenters. The fraction of sp³-hybridized carbons (Fsp3) is 0.0833. The quantitative estimate of drug-likeness (QED) is 0.851. The van der Waals surface area contributed by atoms with E-state index in [0.29, 0.717) is 4.60 Å². The summed E-state index contributed by atoms with van der Waals surface area (Å²) in [4.78, 5) is 3.74. The smallest absolute Gasteiger partial charge is 0.263 e. The van der Waals surface area contributed by atoms with Gasteiger partial charge in [-0.3, -0.25) is 4.72 Å². The van der Waals surface area contributed by atoms with Crippen LogP contribution in [0.15, 0.2) is 45.9 Å². The van der Waals surface area contributed by atoms with E-state index in [0.717, 1.165) is 6.07 Å². The Morgan fingerprint density at radius 1 is 1.30 bits per heavy atom. The summed E-state index contributed by atoms with van der Waals surface area (Å²) in [5.41, 5.74) is 0. The van der Waals surface area contributed by atoms with E-state index in [-0.39, 0.29) is 16.5 Å². The number of aromatic nitrogens is 1. The molecule has 5 nitrogen and oxygen atoms in total. The van der Waals surface area contributed by atoms with Gasteiger partial charge in [-0.1, -0.05) is 6.07 Å². The van der Waals surface area contributed by atoms with Gasteiger partial charge in [0.05, 0.1) is 12.0 Å². The number of pyridine rings is 1. The number of methoxy groups -OCH3 is 1. The van der Waals surface area contributed by atoms with Crippen LogP contribution in [0.5, 0.6) is 5.75 Å². The Labute approximate surface area is 124 Å². The van der Waals surface area contributed by atoms with E-state index in [2.05, 4.69) is 25.6 Å². The molecule has 2 rings (SSSR count). The van der Waals surface area contributed by atoms with Crippen LogP contribution in [0.2, 0.25) is 0 Å². The van der Waals surface area contributed by atoms with E-state index in [1.165, 1.54) is 25.3 Å². The lowest BCUT2D eigenvalue weighted by molar-refractivity contribution is 0.385. The highest BCUT2D eigenvalue weighted by Gasteiger charge is 2.17. The molecule has 1 aromatic carbocycles. The molecule has 0 spiro atoms. The first-order valence-electron chi connectivity index (χ1n) is 5.41. The summed E-state index contributed by atoms with van der Waals surface area (Å²) in [6.07, 6.45) is 0. The molecule has 1 N–H and O–H groups in total. The first kappa shape index (κ1) is 14.7. The number of rotatable bonds is 4. The van der Waals surface area contributed by atoms with Gasteiger partial charge in [0.1, 0.15) is 10.4 Å². The topological polar surface area (TPSA) is 68.3 Å². The molecule has 0 radical (unpaired) electrons. The van der Waals surface area contributed by atoms with Crippen molar-refractivity contribution in [3.05, 3.63) is 46.8 Å². The summed E-state index contributed by atoms with van der Waals surface area (Å²) < 4.78 is 45.2. The molecule has 0 aliphatic rings. The number of hydrogen-bond acceptors (Lipinski definition) is 4. The molecule has 0 aliphatic heterocycles. The normalized spacial score (nSPS) is 11.2. The Morgan fingerprint density at radius 2 is 2.05 bits per heavy atom. The van der Waals surface area contributed by atoms with Crippen molar-refractivity contribution in [3.8, 4) is 5.75 Å². The van der Waals surface area contributed by atoms with Gasteiger partial charge >= 0.3 is 0 Å². The zero-order valence-corrected chi connectivity index (χ0v) is 12.7. The minimum atomic E-state index is -3.91. The molecular formula is C12H10BrFN2O3S. The molecule has 0 unspecified atom stereocenters. The Bertz CT molecular complexity index is 737. The van der Waals surface area contributed by atoms with Gasteiger partial charge < -0.3 is 4.74 Å². The summed E-state index contributed by atoms with van der Waals surface area (Å²) in [5.74, 6) is -0.641. The van der Waals surface area contributed by atoms with Crippen LogP contribution in [0.1, 0.15) is 0 Å². The van der Waals surface area contributed by atoms with E-state index in [4.69, 9.17) is 4.74 Å². The van der Waals surface area contributed by atoms with Crippen molar-refractivity contribution in [1.29, 1.82) is 0 Å². The molecule has 1 heterocycles. The molecular weight excluding hydrogens is 351 g/mol. The monoisotopic (exact) mass is 360 g/mol. The molecule has 20 heavy (non-hydrogen) atoms. The lowest BCUT2D eigenvalue weighted by Gasteiger charge is -2.09. The zero-order valence-electron chi connectivity index (χ0n) is 10.3. The SMILES string of the molecule is COc1ccc(S(=O)(=O)Nc2cccc(Br)n2)cc1F. The molecule has 0 aliphatic carbocycles. The fourth-order valence-electron chi connectivity index (χ4n) is 1.48. The molecule has 0 amide bonds. The number of benzene rings is 1. The van der Waals surface area contributed by atoms with Crippen molar-refractivity contribution in [2.75, 3.05) is 11.8 Å². The second-order valence-electron chi connectivity index (χ2n) is 3.75. The van der Waals surface area contributed by atoms with Crippen LogP contribution in [0.4, 0.5) is 10.2 Å². The van der Waals surface area contributed by atoms with Gasteiger partial charge in [-0.2, -0.15) is 0 Å². The van der Waals surface area contributed by atoms with E-state index >= 15 is 0 Å². The highest BCUT2D eigenvalue weighted by atomic mass is 79.9. The minimum Gasteiger partial charge on any atom is -0.494 e. The molecule has 2 aromatic rings. The first-order chi connectivity index (χ1) is 9.42. The Morgan fingerprint density at radius 3 is 2.65 bits per heavy atom. The van der Waals surface area contributed by atoms with E-state index in [1.807, 2.05) is 0 Å². The number of sulfonamides is 1. The predicted octanol–water partition coefficient (Wildman–Crippen LogP) is 2.79. The molecule has 8 heteroatoms. The van der Waals surface area contributed by atoms with Crippen molar-refractivity contribution in [2.24, 2.45) is 0 Å². The lowest BCUT2D eigenvalue weighted by Crippen LogP contribution is -2.14. The summed E-state index contributed by atoms with van der Waals surface area (Å²) in [6, 6.07) is 8.16.